The molecule has 19 heavy (non-hydrogen) atoms. The van der Waals surface area contributed by atoms with Crippen molar-refractivity contribution < 1.29 is 52.7 Å². The lowest BCUT2D eigenvalue weighted by molar-refractivity contribution is -0.272. The zero-order chi connectivity index (χ0) is 15.8. The summed E-state index contributed by atoms with van der Waals surface area (Å²) in [4.78, 5) is 0. The molecular formula is C7H2F12. The fraction of sp³-hybridized carbons (Fsp3) is 0.714. The molecule has 1 atom stereocenters. The minimum atomic E-state index is -6.80. The molecule has 12 heteroatoms. The van der Waals surface area contributed by atoms with Gasteiger partial charge in [-0.2, -0.15) is 30.7 Å². The van der Waals surface area contributed by atoms with E-state index in [0.717, 1.165) is 0 Å². The maximum atomic E-state index is 12.4. The van der Waals surface area contributed by atoms with Gasteiger partial charge in [-0.15, -0.1) is 0 Å². The summed E-state index contributed by atoms with van der Waals surface area (Å²) in [6.45, 7) is 0. The molecule has 0 bridgehead atoms. The summed E-state index contributed by atoms with van der Waals surface area (Å²) in [5, 5.41) is 0. The zero-order valence-electron chi connectivity index (χ0n) is 8.19. The Labute approximate surface area is 96.2 Å². The predicted molar refractivity (Wildman–Crippen MR) is 36.1 cm³/mol. The zero-order valence-corrected chi connectivity index (χ0v) is 8.19. The second kappa shape index (κ2) is 5.12. The number of hydrogen-bond donors (Lipinski definition) is 0. The van der Waals surface area contributed by atoms with Gasteiger partial charge in [0.25, 0.3) is 6.43 Å². The lowest BCUT2D eigenvalue weighted by Gasteiger charge is -2.22. The van der Waals surface area contributed by atoms with Crippen molar-refractivity contribution in [3.63, 3.8) is 0 Å². The van der Waals surface area contributed by atoms with Crippen LogP contribution in [0.1, 0.15) is 0 Å². The van der Waals surface area contributed by atoms with E-state index in [1.807, 2.05) is 0 Å². The van der Waals surface area contributed by atoms with E-state index in [2.05, 4.69) is 0 Å². The fourth-order valence-electron chi connectivity index (χ4n) is 0.688. The van der Waals surface area contributed by atoms with E-state index in [1.165, 1.54) is 0 Å². The monoisotopic (exact) mass is 314 g/mol. The van der Waals surface area contributed by atoms with Crippen molar-refractivity contribution in [1.82, 2.24) is 0 Å². The molecule has 0 aliphatic heterocycles. The molecule has 0 aliphatic rings. The van der Waals surface area contributed by atoms with Gasteiger partial charge in [0.15, 0.2) is 0 Å². The van der Waals surface area contributed by atoms with Gasteiger partial charge in [0.05, 0.1) is 0 Å². The van der Waals surface area contributed by atoms with Crippen LogP contribution in [0.15, 0.2) is 11.7 Å². The van der Waals surface area contributed by atoms with Crippen LogP contribution in [0.3, 0.4) is 0 Å². The van der Waals surface area contributed by atoms with Crippen molar-refractivity contribution in [3.05, 3.63) is 11.7 Å². The second-order valence-corrected chi connectivity index (χ2v) is 3.06. The largest absolute Gasteiger partial charge is 0.460 e. The minimum Gasteiger partial charge on any atom is -0.234 e. The van der Waals surface area contributed by atoms with E-state index in [1.54, 1.807) is 0 Å². The van der Waals surface area contributed by atoms with E-state index < -0.39 is 42.3 Å². The molecule has 0 amide bonds. The number of allylic oxidation sites excluding steroid dienone is 2. The topological polar surface area (TPSA) is 0 Å². The first-order chi connectivity index (χ1) is 8.17. The number of halogens is 12. The van der Waals surface area contributed by atoms with Gasteiger partial charge in [-0.1, -0.05) is 0 Å². The summed E-state index contributed by atoms with van der Waals surface area (Å²) in [5.41, 5.74) is 0. The molecule has 1 unspecified atom stereocenters. The molecule has 0 aromatic heterocycles. The summed E-state index contributed by atoms with van der Waals surface area (Å²) >= 11 is 0. The predicted octanol–water partition coefficient (Wildman–Crippen LogP) is 4.57. The highest BCUT2D eigenvalue weighted by Crippen LogP contribution is 2.46. The van der Waals surface area contributed by atoms with E-state index in [-0.39, 0.29) is 0 Å². The first-order valence-electron chi connectivity index (χ1n) is 3.98. The van der Waals surface area contributed by atoms with Gasteiger partial charge in [0.1, 0.15) is 0 Å². The van der Waals surface area contributed by atoms with Crippen LogP contribution in [0.2, 0.25) is 0 Å². The smallest absolute Gasteiger partial charge is 0.234 e. The Morgan fingerprint density at radius 3 is 1.32 bits per heavy atom. The lowest BCUT2D eigenvalue weighted by atomic mass is 10.1. The quantitative estimate of drug-likeness (QED) is 0.667. The molecule has 0 nitrogen and oxygen atoms in total. The molecule has 0 saturated heterocycles. The number of alkyl halides is 10. The molecule has 0 aromatic rings. The maximum absolute atomic E-state index is 12.4. The van der Waals surface area contributed by atoms with Crippen molar-refractivity contribution in [2.24, 2.45) is 0 Å². The van der Waals surface area contributed by atoms with E-state index in [9.17, 15) is 52.7 Å². The van der Waals surface area contributed by atoms with Gasteiger partial charge in [-0.25, -0.2) is 22.0 Å². The lowest BCUT2D eigenvalue weighted by Crippen LogP contribution is -2.42. The van der Waals surface area contributed by atoms with E-state index in [0.29, 0.717) is 0 Å². The molecule has 0 N–H and O–H groups in total. The highest BCUT2D eigenvalue weighted by molar-refractivity contribution is 5.20. The normalized spacial score (nSPS) is 17.5. The van der Waals surface area contributed by atoms with E-state index in [4.69, 9.17) is 0 Å². The SMILES string of the molecule is FC(=C(F)C(F)(F)C(F)(F)F)C(F)(F)C(F)C(F)F. The molecule has 0 heterocycles. The third kappa shape index (κ3) is 3.26. The summed E-state index contributed by atoms with van der Waals surface area (Å²) in [5.74, 6) is -21.5. The van der Waals surface area contributed by atoms with Crippen molar-refractivity contribution in [3.8, 4) is 0 Å². The van der Waals surface area contributed by atoms with Gasteiger partial charge in [0.2, 0.25) is 17.8 Å². The Kier molecular flexibility index (Phi) is 4.82. The first-order valence-corrected chi connectivity index (χ1v) is 3.98. The van der Waals surface area contributed by atoms with Gasteiger partial charge in [-0.3, -0.25) is 0 Å². The highest BCUT2D eigenvalue weighted by atomic mass is 19.4. The van der Waals surface area contributed by atoms with Crippen LogP contribution in [0, 0.1) is 0 Å². The number of rotatable bonds is 4. The highest BCUT2D eigenvalue weighted by Gasteiger charge is 2.65. The van der Waals surface area contributed by atoms with Crippen LogP contribution in [-0.2, 0) is 0 Å². The molecule has 0 aromatic carbocycles. The van der Waals surface area contributed by atoms with Gasteiger partial charge >= 0.3 is 18.0 Å². The minimum absolute atomic E-state index is 4.25. The Morgan fingerprint density at radius 2 is 1.05 bits per heavy atom. The molecule has 0 aliphatic carbocycles. The molecule has 0 saturated carbocycles. The molecule has 0 radical (unpaired) electrons. The second-order valence-electron chi connectivity index (χ2n) is 3.06. The maximum Gasteiger partial charge on any atom is 0.460 e. The van der Waals surface area contributed by atoms with Crippen LogP contribution in [0.5, 0.6) is 0 Å². The Hall–Kier alpha value is -1.10. The van der Waals surface area contributed by atoms with Crippen molar-refractivity contribution >= 4 is 0 Å². The summed E-state index contributed by atoms with van der Waals surface area (Å²) < 4.78 is 143. The Morgan fingerprint density at radius 1 is 0.684 bits per heavy atom. The molecule has 0 spiro atoms. The van der Waals surface area contributed by atoms with E-state index >= 15 is 0 Å². The van der Waals surface area contributed by atoms with Gasteiger partial charge in [-0.05, 0) is 0 Å². The average Bonchev–Trinajstić information content (AvgIpc) is 2.23. The number of hydrogen-bond acceptors (Lipinski definition) is 0. The molecule has 0 rings (SSSR count). The van der Waals surface area contributed by atoms with Crippen molar-refractivity contribution in [2.45, 2.75) is 30.6 Å². The Balaban J connectivity index is 5.72. The van der Waals surface area contributed by atoms with Crippen LogP contribution in [0.4, 0.5) is 52.7 Å². The standard InChI is InChI=1S/C7H2F12/c8-1(5(13,14)3(10)4(11)12)2(9)6(15,16)7(17,18)19/h3-4H. The Bertz CT molecular complexity index is 350. The summed E-state index contributed by atoms with van der Waals surface area (Å²) in [6, 6.07) is 0. The van der Waals surface area contributed by atoms with Crippen molar-refractivity contribution in [1.29, 1.82) is 0 Å². The van der Waals surface area contributed by atoms with Crippen LogP contribution in [0.25, 0.3) is 0 Å². The van der Waals surface area contributed by atoms with Crippen molar-refractivity contribution in [2.75, 3.05) is 0 Å². The molecular weight excluding hydrogens is 312 g/mol. The van der Waals surface area contributed by atoms with Gasteiger partial charge in [0, 0.05) is 0 Å². The van der Waals surface area contributed by atoms with Gasteiger partial charge < -0.3 is 0 Å². The fourth-order valence-corrected chi connectivity index (χ4v) is 0.688. The van der Waals surface area contributed by atoms with Crippen LogP contribution < -0.4 is 0 Å². The summed E-state index contributed by atoms with van der Waals surface area (Å²) in [6.07, 6.45) is -16.2. The molecule has 114 valence electrons. The summed E-state index contributed by atoms with van der Waals surface area (Å²) in [7, 11) is 0. The average molecular weight is 314 g/mol. The van der Waals surface area contributed by atoms with Crippen LogP contribution >= 0.6 is 0 Å². The molecule has 0 fully saturated rings. The first kappa shape index (κ1) is 17.9. The van der Waals surface area contributed by atoms with Crippen LogP contribution in [-0.4, -0.2) is 30.6 Å². The third-order valence-electron chi connectivity index (χ3n) is 1.68. The third-order valence-corrected chi connectivity index (χ3v) is 1.68.